The number of rotatable bonds is 7. The summed E-state index contributed by atoms with van der Waals surface area (Å²) in [6, 6.07) is 5.41. The van der Waals surface area contributed by atoms with Crippen LogP contribution in [-0.4, -0.2) is 41.6 Å². The van der Waals surface area contributed by atoms with Gasteiger partial charge in [0.15, 0.2) is 17.3 Å². The van der Waals surface area contributed by atoms with Crippen LogP contribution in [0.4, 0.5) is 23.4 Å². The maximum absolute atomic E-state index is 14.1. The molecule has 3 heterocycles. The molecule has 0 radical (unpaired) electrons. The molecule has 5 rings (SSSR count). The number of fused-ring (bicyclic) bond motifs is 1. The molecule has 1 aliphatic rings. The molecule has 0 aliphatic heterocycles. The van der Waals surface area contributed by atoms with Crippen LogP contribution in [0.3, 0.4) is 0 Å². The molecular weight excluding hydrogens is 496 g/mol. The predicted molar refractivity (Wildman–Crippen MR) is 125 cm³/mol. The molecule has 192 valence electrons. The summed E-state index contributed by atoms with van der Waals surface area (Å²) in [4.78, 5) is 38.2. The highest BCUT2D eigenvalue weighted by molar-refractivity contribution is 5.92. The van der Waals surface area contributed by atoms with Crippen molar-refractivity contribution in [1.82, 2.24) is 24.5 Å². The second-order valence-corrected chi connectivity index (χ2v) is 8.93. The molecular formula is C24H20F4N6O3. The fourth-order valence-corrected chi connectivity index (χ4v) is 4.10. The fourth-order valence-electron chi connectivity index (χ4n) is 4.10. The zero-order valence-electron chi connectivity index (χ0n) is 19.3. The number of imidazole rings is 1. The molecule has 1 aromatic carbocycles. The van der Waals surface area contributed by atoms with Gasteiger partial charge in [0.2, 0.25) is 5.82 Å². The number of anilines is 1. The minimum atomic E-state index is -4.50. The molecule has 13 heteroatoms. The lowest BCUT2D eigenvalue weighted by atomic mass is 10.1. The summed E-state index contributed by atoms with van der Waals surface area (Å²) in [6.45, 7) is 1.91. The van der Waals surface area contributed by atoms with Crippen LogP contribution in [0.5, 0.6) is 0 Å². The highest BCUT2D eigenvalue weighted by Crippen LogP contribution is 2.36. The summed E-state index contributed by atoms with van der Waals surface area (Å²) in [5.74, 6) is -2.28. The number of aromatic nitrogens is 5. The summed E-state index contributed by atoms with van der Waals surface area (Å²) in [5.41, 5.74) is -0.861. The predicted octanol–water partition coefficient (Wildman–Crippen LogP) is 4.30. The number of hydrogen-bond acceptors (Lipinski definition) is 6. The maximum Gasteiger partial charge on any atom is 0.416 e. The largest absolute Gasteiger partial charge is 0.475 e. The molecule has 0 bridgehead atoms. The SMILES string of the molecule is CC(Nc1nc(C(=O)O)nc2nc(-c3c[nH]c(=O)c(F)c3)n(Cc3ccc(C(F)(F)F)cc3)c12)C1CC1. The van der Waals surface area contributed by atoms with E-state index in [-0.39, 0.29) is 35.4 Å². The summed E-state index contributed by atoms with van der Waals surface area (Å²) >= 11 is 0. The van der Waals surface area contributed by atoms with E-state index in [9.17, 15) is 32.3 Å². The number of halogens is 4. The average molecular weight is 516 g/mol. The van der Waals surface area contributed by atoms with Gasteiger partial charge in [-0.15, -0.1) is 0 Å². The summed E-state index contributed by atoms with van der Waals surface area (Å²) in [6.07, 6.45) is -1.26. The third-order valence-electron chi connectivity index (χ3n) is 6.23. The third-order valence-corrected chi connectivity index (χ3v) is 6.23. The normalized spacial score (nSPS) is 14.6. The first-order valence-electron chi connectivity index (χ1n) is 11.3. The van der Waals surface area contributed by atoms with Gasteiger partial charge >= 0.3 is 12.1 Å². The molecule has 9 nitrogen and oxygen atoms in total. The monoisotopic (exact) mass is 516 g/mol. The van der Waals surface area contributed by atoms with Crippen molar-refractivity contribution in [3.05, 3.63) is 69.7 Å². The van der Waals surface area contributed by atoms with Crippen molar-refractivity contribution < 1.29 is 27.5 Å². The van der Waals surface area contributed by atoms with Crippen LogP contribution in [0.25, 0.3) is 22.6 Å². The zero-order valence-corrected chi connectivity index (χ0v) is 19.3. The summed E-state index contributed by atoms with van der Waals surface area (Å²) in [7, 11) is 0. The smallest absolute Gasteiger partial charge is 0.416 e. The van der Waals surface area contributed by atoms with Gasteiger partial charge in [-0.3, -0.25) is 4.79 Å². The number of H-pyrrole nitrogens is 1. The van der Waals surface area contributed by atoms with E-state index in [1.165, 1.54) is 18.3 Å². The maximum atomic E-state index is 14.1. The first kappa shape index (κ1) is 24.4. The van der Waals surface area contributed by atoms with E-state index in [0.29, 0.717) is 17.0 Å². The number of aromatic amines is 1. The number of carboxylic acid groups (broad SMARTS) is 1. The van der Waals surface area contributed by atoms with Crippen molar-refractivity contribution in [2.75, 3.05) is 5.32 Å². The van der Waals surface area contributed by atoms with Gasteiger partial charge in [0.05, 0.1) is 5.56 Å². The van der Waals surface area contributed by atoms with Gasteiger partial charge in [0.25, 0.3) is 5.56 Å². The number of carbonyl (C=O) groups is 1. The summed E-state index contributed by atoms with van der Waals surface area (Å²) < 4.78 is 54.9. The van der Waals surface area contributed by atoms with Gasteiger partial charge in [-0.2, -0.15) is 13.2 Å². The van der Waals surface area contributed by atoms with E-state index >= 15 is 0 Å². The Balaban J connectivity index is 1.70. The number of aromatic carboxylic acids is 1. The van der Waals surface area contributed by atoms with E-state index in [1.54, 1.807) is 4.57 Å². The Hall–Kier alpha value is -4.29. The first-order valence-corrected chi connectivity index (χ1v) is 11.3. The Kier molecular flexibility index (Phi) is 5.92. The molecule has 37 heavy (non-hydrogen) atoms. The fraction of sp³-hybridized carbons (Fsp3) is 0.292. The second-order valence-electron chi connectivity index (χ2n) is 8.93. The lowest BCUT2D eigenvalue weighted by molar-refractivity contribution is -0.137. The van der Waals surface area contributed by atoms with Crippen molar-refractivity contribution in [1.29, 1.82) is 0 Å². The minimum absolute atomic E-state index is 0.00795. The number of nitrogens with zero attached hydrogens (tertiary/aromatic N) is 4. The molecule has 1 saturated carbocycles. The highest BCUT2D eigenvalue weighted by Gasteiger charge is 2.31. The van der Waals surface area contributed by atoms with Gasteiger partial charge in [0, 0.05) is 24.3 Å². The third kappa shape index (κ3) is 4.88. The number of benzene rings is 1. The number of hydrogen-bond donors (Lipinski definition) is 3. The van der Waals surface area contributed by atoms with E-state index in [2.05, 4.69) is 25.3 Å². The number of pyridine rings is 1. The summed E-state index contributed by atoms with van der Waals surface area (Å²) in [5, 5.41) is 12.8. The Morgan fingerprint density at radius 1 is 1.22 bits per heavy atom. The topological polar surface area (TPSA) is 126 Å². The number of carboxylic acids is 1. The lowest BCUT2D eigenvalue weighted by Crippen LogP contribution is -2.20. The Morgan fingerprint density at radius 3 is 2.51 bits per heavy atom. The molecule has 3 N–H and O–H groups in total. The molecule has 3 aromatic heterocycles. The van der Waals surface area contributed by atoms with E-state index < -0.39 is 34.9 Å². The quantitative estimate of drug-likeness (QED) is 0.313. The second kappa shape index (κ2) is 8.98. The van der Waals surface area contributed by atoms with Crippen LogP contribution in [0.2, 0.25) is 0 Å². The molecule has 4 aromatic rings. The standard InChI is InChI=1S/C24H20F4N6O3/c1-11(13-4-5-13)30-18-17-19(32-20(31-18)23(36)37)33-21(14-8-16(25)22(35)29-9-14)34(17)10-12-2-6-15(7-3-12)24(26,27)28/h2-3,6-9,11,13H,4-5,10H2,1H3,(H,29,35)(H,36,37)(H,30,31,32). The van der Waals surface area contributed by atoms with E-state index in [0.717, 1.165) is 31.0 Å². The van der Waals surface area contributed by atoms with Gasteiger partial charge in [-0.05, 0) is 49.4 Å². The van der Waals surface area contributed by atoms with Gasteiger partial charge in [-0.25, -0.2) is 24.1 Å². The van der Waals surface area contributed by atoms with Crippen molar-refractivity contribution in [2.45, 2.75) is 38.5 Å². The Bertz CT molecular complexity index is 1560. The molecule has 0 amide bonds. The van der Waals surface area contributed by atoms with Crippen LogP contribution in [0.15, 0.2) is 41.3 Å². The Labute approximate surface area is 206 Å². The first-order chi connectivity index (χ1) is 17.5. The van der Waals surface area contributed by atoms with Crippen molar-refractivity contribution in [3.8, 4) is 11.4 Å². The van der Waals surface area contributed by atoms with Crippen LogP contribution in [0, 0.1) is 11.7 Å². The van der Waals surface area contributed by atoms with Crippen molar-refractivity contribution in [2.24, 2.45) is 5.92 Å². The van der Waals surface area contributed by atoms with Crippen molar-refractivity contribution in [3.63, 3.8) is 0 Å². The van der Waals surface area contributed by atoms with Gasteiger partial charge in [-0.1, -0.05) is 12.1 Å². The molecule has 0 spiro atoms. The molecule has 1 atom stereocenters. The highest BCUT2D eigenvalue weighted by atomic mass is 19.4. The van der Waals surface area contributed by atoms with Crippen LogP contribution >= 0.6 is 0 Å². The number of alkyl halides is 3. The van der Waals surface area contributed by atoms with Crippen LogP contribution in [-0.2, 0) is 12.7 Å². The van der Waals surface area contributed by atoms with Gasteiger partial charge < -0.3 is 20.0 Å². The van der Waals surface area contributed by atoms with Crippen molar-refractivity contribution >= 4 is 23.0 Å². The van der Waals surface area contributed by atoms with E-state index in [4.69, 9.17) is 0 Å². The van der Waals surface area contributed by atoms with Crippen LogP contribution in [0.1, 0.15) is 41.5 Å². The van der Waals surface area contributed by atoms with Gasteiger partial charge in [0.1, 0.15) is 11.3 Å². The molecule has 1 unspecified atom stereocenters. The average Bonchev–Trinajstić information content (AvgIpc) is 3.63. The Morgan fingerprint density at radius 2 is 1.92 bits per heavy atom. The number of nitrogens with one attached hydrogen (secondary N) is 2. The molecule has 1 fully saturated rings. The lowest BCUT2D eigenvalue weighted by Gasteiger charge is -2.17. The van der Waals surface area contributed by atoms with E-state index in [1.807, 2.05) is 6.92 Å². The molecule has 0 saturated heterocycles. The van der Waals surface area contributed by atoms with Crippen LogP contribution < -0.4 is 10.9 Å². The zero-order chi connectivity index (χ0) is 26.5. The minimum Gasteiger partial charge on any atom is -0.475 e. The molecule has 1 aliphatic carbocycles.